The largest absolute Gasteiger partial charge is 0.461 e. The van der Waals surface area contributed by atoms with Crippen LogP contribution in [0.3, 0.4) is 0 Å². The van der Waals surface area contributed by atoms with Crippen LogP contribution in [0.4, 0.5) is 0 Å². The van der Waals surface area contributed by atoms with Crippen LogP contribution >= 0.6 is 15.9 Å². The fourth-order valence-electron chi connectivity index (χ4n) is 1.15. The van der Waals surface area contributed by atoms with Gasteiger partial charge in [0.15, 0.2) is 0 Å². The van der Waals surface area contributed by atoms with Gasteiger partial charge in [-0.1, -0.05) is 28.1 Å². The van der Waals surface area contributed by atoms with E-state index in [4.69, 9.17) is 10.00 Å². The summed E-state index contributed by atoms with van der Waals surface area (Å²) in [4.78, 5) is 11.3. The Morgan fingerprint density at radius 3 is 3.00 bits per heavy atom. The van der Waals surface area contributed by atoms with Crippen LogP contribution in [0.1, 0.15) is 18.9 Å². The summed E-state index contributed by atoms with van der Waals surface area (Å²) in [5.41, 5.74) is 0.923. The van der Waals surface area contributed by atoms with Gasteiger partial charge in [-0.25, -0.2) is 0 Å². The molecular weight excluding hydrogens is 270 g/mol. The molecule has 0 heterocycles. The molecule has 0 aliphatic carbocycles. The van der Waals surface area contributed by atoms with E-state index in [1.807, 2.05) is 30.3 Å². The Hall–Kier alpha value is -1.34. The average Bonchev–Trinajstić information content (AvgIpc) is 2.26. The molecule has 0 spiro atoms. The standard InChI is InChI=1S/C12H12BrNO2/c1-9(7-14)5-12(15)16-8-10-3-2-4-11(13)6-10/h2-4,6,9H,5,8H2,1H3. The summed E-state index contributed by atoms with van der Waals surface area (Å²) >= 11 is 3.34. The smallest absolute Gasteiger partial charge is 0.307 e. The van der Waals surface area contributed by atoms with Crippen molar-refractivity contribution in [3.63, 3.8) is 0 Å². The fraction of sp³-hybridized carbons (Fsp3) is 0.333. The van der Waals surface area contributed by atoms with E-state index in [-0.39, 0.29) is 24.9 Å². The minimum Gasteiger partial charge on any atom is -0.461 e. The maximum atomic E-state index is 11.3. The number of hydrogen-bond acceptors (Lipinski definition) is 3. The van der Waals surface area contributed by atoms with E-state index >= 15 is 0 Å². The predicted octanol–water partition coefficient (Wildman–Crippen LogP) is 3.04. The molecule has 16 heavy (non-hydrogen) atoms. The van der Waals surface area contributed by atoms with E-state index in [0.29, 0.717) is 0 Å². The van der Waals surface area contributed by atoms with Crippen molar-refractivity contribution < 1.29 is 9.53 Å². The Morgan fingerprint density at radius 1 is 1.62 bits per heavy atom. The lowest BCUT2D eigenvalue weighted by Gasteiger charge is -2.05. The second kappa shape index (κ2) is 6.29. The van der Waals surface area contributed by atoms with Crippen LogP contribution in [0.25, 0.3) is 0 Å². The molecule has 0 aliphatic heterocycles. The van der Waals surface area contributed by atoms with Gasteiger partial charge in [-0.2, -0.15) is 5.26 Å². The highest BCUT2D eigenvalue weighted by atomic mass is 79.9. The first-order valence-electron chi connectivity index (χ1n) is 4.91. The van der Waals surface area contributed by atoms with Gasteiger partial charge in [0, 0.05) is 4.47 Å². The van der Waals surface area contributed by atoms with Crippen LogP contribution in [-0.4, -0.2) is 5.97 Å². The quantitative estimate of drug-likeness (QED) is 0.797. The zero-order valence-electron chi connectivity index (χ0n) is 8.94. The van der Waals surface area contributed by atoms with Crippen LogP contribution < -0.4 is 0 Å². The van der Waals surface area contributed by atoms with Gasteiger partial charge in [0.05, 0.1) is 18.4 Å². The number of benzene rings is 1. The highest BCUT2D eigenvalue weighted by molar-refractivity contribution is 9.10. The van der Waals surface area contributed by atoms with Crippen molar-refractivity contribution in [2.75, 3.05) is 0 Å². The molecule has 1 aromatic carbocycles. The molecule has 0 saturated carbocycles. The van der Waals surface area contributed by atoms with Gasteiger partial charge in [0.25, 0.3) is 0 Å². The summed E-state index contributed by atoms with van der Waals surface area (Å²) in [5.74, 6) is -0.635. The van der Waals surface area contributed by atoms with Gasteiger partial charge in [0.2, 0.25) is 0 Å². The maximum Gasteiger partial charge on any atom is 0.307 e. The molecule has 84 valence electrons. The molecule has 0 aliphatic rings. The molecule has 1 unspecified atom stereocenters. The Kier molecular flexibility index (Phi) is 5.00. The number of carbonyl (C=O) groups is 1. The third-order valence-electron chi connectivity index (χ3n) is 1.98. The van der Waals surface area contributed by atoms with Crippen LogP contribution in [0.15, 0.2) is 28.7 Å². The molecule has 1 rings (SSSR count). The number of hydrogen-bond donors (Lipinski definition) is 0. The number of rotatable bonds is 4. The van der Waals surface area contributed by atoms with Crippen molar-refractivity contribution >= 4 is 21.9 Å². The van der Waals surface area contributed by atoms with E-state index in [1.54, 1.807) is 6.92 Å². The van der Waals surface area contributed by atoms with Crippen molar-refractivity contribution in [2.45, 2.75) is 20.0 Å². The lowest BCUT2D eigenvalue weighted by molar-refractivity contribution is -0.145. The second-order valence-electron chi connectivity index (χ2n) is 3.52. The molecule has 0 bridgehead atoms. The SMILES string of the molecule is CC(C#N)CC(=O)OCc1cccc(Br)c1. The summed E-state index contributed by atoms with van der Waals surface area (Å²) in [7, 11) is 0. The first kappa shape index (κ1) is 12.7. The molecule has 0 N–H and O–H groups in total. The predicted molar refractivity (Wildman–Crippen MR) is 63.3 cm³/mol. The van der Waals surface area contributed by atoms with E-state index in [0.717, 1.165) is 10.0 Å². The first-order valence-corrected chi connectivity index (χ1v) is 5.71. The Labute approximate surface area is 103 Å². The summed E-state index contributed by atoms with van der Waals surface area (Å²) in [5, 5.41) is 8.54. The molecule has 0 fully saturated rings. The van der Waals surface area contributed by atoms with Crippen LogP contribution in [-0.2, 0) is 16.1 Å². The number of esters is 1. The van der Waals surface area contributed by atoms with Gasteiger partial charge in [0.1, 0.15) is 6.61 Å². The highest BCUT2D eigenvalue weighted by Crippen LogP contribution is 2.13. The molecule has 0 radical (unpaired) electrons. The fourth-order valence-corrected chi connectivity index (χ4v) is 1.59. The van der Waals surface area contributed by atoms with Gasteiger partial charge >= 0.3 is 5.97 Å². The van der Waals surface area contributed by atoms with Crippen LogP contribution in [0.5, 0.6) is 0 Å². The number of halogens is 1. The van der Waals surface area contributed by atoms with Crippen LogP contribution in [0.2, 0.25) is 0 Å². The zero-order valence-corrected chi connectivity index (χ0v) is 10.5. The number of carbonyl (C=O) groups excluding carboxylic acids is 1. The number of nitrogens with zero attached hydrogens (tertiary/aromatic N) is 1. The second-order valence-corrected chi connectivity index (χ2v) is 4.44. The third kappa shape index (κ3) is 4.45. The minimum absolute atomic E-state index is 0.143. The highest BCUT2D eigenvalue weighted by Gasteiger charge is 2.09. The number of nitriles is 1. The maximum absolute atomic E-state index is 11.3. The summed E-state index contributed by atoms with van der Waals surface area (Å²) < 4.78 is 6.00. The molecule has 0 amide bonds. The normalized spacial score (nSPS) is 11.6. The molecule has 0 saturated heterocycles. The molecule has 0 aromatic heterocycles. The van der Waals surface area contributed by atoms with E-state index in [1.165, 1.54) is 0 Å². The Bertz CT molecular complexity index is 412. The average molecular weight is 282 g/mol. The Balaban J connectivity index is 2.41. The minimum atomic E-state index is -0.339. The van der Waals surface area contributed by atoms with Crippen molar-refractivity contribution in [3.8, 4) is 6.07 Å². The van der Waals surface area contributed by atoms with Crippen molar-refractivity contribution in [1.82, 2.24) is 0 Å². The van der Waals surface area contributed by atoms with E-state index < -0.39 is 0 Å². The van der Waals surface area contributed by atoms with Crippen molar-refractivity contribution in [3.05, 3.63) is 34.3 Å². The monoisotopic (exact) mass is 281 g/mol. The molecule has 1 atom stereocenters. The van der Waals surface area contributed by atoms with Crippen molar-refractivity contribution in [1.29, 1.82) is 5.26 Å². The van der Waals surface area contributed by atoms with E-state index in [2.05, 4.69) is 15.9 Å². The summed E-state index contributed by atoms with van der Waals surface area (Å²) in [6.07, 6.45) is 0.143. The third-order valence-corrected chi connectivity index (χ3v) is 2.48. The Morgan fingerprint density at radius 2 is 2.38 bits per heavy atom. The number of ether oxygens (including phenoxy) is 1. The van der Waals surface area contributed by atoms with Crippen molar-refractivity contribution in [2.24, 2.45) is 5.92 Å². The van der Waals surface area contributed by atoms with Gasteiger partial charge in [-0.05, 0) is 24.6 Å². The molecular formula is C12H12BrNO2. The van der Waals surface area contributed by atoms with Gasteiger partial charge < -0.3 is 4.74 Å². The molecule has 4 heteroatoms. The summed E-state index contributed by atoms with van der Waals surface area (Å²) in [6.45, 7) is 1.94. The molecule has 1 aromatic rings. The van der Waals surface area contributed by atoms with Crippen LogP contribution in [0, 0.1) is 17.2 Å². The topological polar surface area (TPSA) is 50.1 Å². The van der Waals surface area contributed by atoms with Gasteiger partial charge in [-0.3, -0.25) is 4.79 Å². The lowest BCUT2D eigenvalue weighted by Crippen LogP contribution is -2.08. The zero-order chi connectivity index (χ0) is 12.0. The molecule has 3 nitrogen and oxygen atoms in total. The first-order chi connectivity index (χ1) is 7.61. The van der Waals surface area contributed by atoms with E-state index in [9.17, 15) is 4.79 Å². The summed E-state index contributed by atoms with van der Waals surface area (Å²) in [6, 6.07) is 9.55. The lowest BCUT2D eigenvalue weighted by atomic mass is 10.1. The van der Waals surface area contributed by atoms with Gasteiger partial charge in [-0.15, -0.1) is 0 Å².